The number of nitrogen functional groups attached to an aromatic ring is 1. The first-order chi connectivity index (χ1) is 6.72. The maximum Gasteiger partial charge on any atom is 0.123 e. The second-order valence-corrected chi connectivity index (χ2v) is 3.79. The second kappa shape index (κ2) is 5.60. The van der Waals surface area contributed by atoms with Gasteiger partial charge in [0.2, 0.25) is 0 Å². The fraction of sp³-hybridized carbons (Fsp3) is 0.545. The predicted molar refractivity (Wildman–Crippen MR) is 60.1 cm³/mol. The highest BCUT2D eigenvalue weighted by molar-refractivity contribution is 5.31. The number of nitrogens with zero attached hydrogens (tertiary/aromatic N) is 1. The molecule has 1 rings (SSSR count). The molecule has 1 aromatic rings. The minimum Gasteiger partial charge on any atom is -0.384 e. The first kappa shape index (κ1) is 11.0. The van der Waals surface area contributed by atoms with Crippen LogP contribution in [-0.4, -0.2) is 18.6 Å². The van der Waals surface area contributed by atoms with Crippen molar-refractivity contribution in [2.75, 3.05) is 19.3 Å². The lowest BCUT2D eigenvalue weighted by molar-refractivity contribution is 0.505. The van der Waals surface area contributed by atoms with Crippen molar-refractivity contribution in [3.05, 3.63) is 23.9 Å². The zero-order valence-electron chi connectivity index (χ0n) is 8.96. The van der Waals surface area contributed by atoms with Gasteiger partial charge in [0.1, 0.15) is 5.82 Å². The smallest absolute Gasteiger partial charge is 0.123 e. The molecule has 0 spiro atoms. The first-order valence-corrected chi connectivity index (χ1v) is 5.07. The summed E-state index contributed by atoms with van der Waals surface area (Å²) in [5, 5.41) is 3.18. The number of nitrogens with two attached hydrogens (primary N) is 1. The SMILES string of the molecule is CNCC(C)CCc1ccnc(N)c1. The normalized spacial score (nSPS) is 12.7. The van der Waals surface area contributed by atoms with E-state index in [0.717, 1.165) is 13.0 Å². The molecule has 0 bridgehead atoms. The van der Waals surface area contributed by atoms with Gasteiger partial charge < -0.3 is 11.1 Å². The summed E-state index contributed by atoms with van der Waals surface area (Å²) >= 11 is 0. The lowest BCUT2D eigenvalue weighted by Gasteiger charge is -2.10. The summed E-state index contributed by atoms with van der Waals surface area (Å²) in [4.78, 5) is 3.97. The molecular formula is C11H19N3. The summed E-state index contributed by atoms with van der Waals surface area (Å²) in [6.07, 6.45) is 4.03. The van der Waals surface area contributed by atoms with Crippen LogP contribution in [0.4, 0.5) is 5.82 Å². The Kier molecular flexibility index (Phi) is 4.40. The van der Waals surface area contributed by atoms with E-state index >= 15 is 0 Å². The zero-order chi connectivity index (χ0) is 10.4. The van der Waals surface area contributed by atoms with Gasteiger partial charge in [-0.3, -0.25) is 0 Å². The summed E-state index contributed by atoms with van der Waals surface area (Å²) in [6.45, 7) is 3.32. The number of hydrogen-bond donors (Lipinski definition) is 2. The van der Waals surface area contributed by atoms with Gasteiger partial charge in [0.05, 0.1) is 0 Å². The zero-order valence-corrected chi connectivity index (χ0v) is 8.96. The Morgan fingerprint density at radius 1 is 1.57 bits per heavy atom. The van der Waals surface area contributed by atoms with Gasteiger partial charge in [-0.2, -0.15) is 0 Å². The van der Waals surface area contributed by atoms with E-state index in [0.29, 0.717) is 11.7 Å². The van der Waals surface area contributed by atoms with Crippen LogP contribution in [0.3, 0.4) is 0 Å². The summed E-state index contributed by atoms with van der Waals surface area (Å²) in [6, 6.07) is 3.98. The van der Waals surface area contributed by atoms with Gasteiger partial charge >= 0.3 is 0 Å². The third-order valence-electron chi connectivity index (χ3n) is 2.32. The van der Waals surface area contributed by atoms with E-state index < -0.39 is 0 Å². The Labute approximate surface area is 85.7 Å². The highest BCUT2D eigenvalue weighted by atomic mass is 14.8. The number of pyridine rings is 1. The van der Waals surface area contributed by atoms with Crippen molar-refractivity contribution in [2.24, 2.45) is 5.92 Å². The Balaban J connectivity index is 2.37. The molecular weight excluding hydrogens is 174 g/mol. The topological polar surface area (TPSA) is 50.9 Å². The molecule has 0 saturated heterocycles. The Morgan fingerprint density at radius 3 is 3.00 bits per heavy atom. The van der Waals surface area contributed by atoms with Crippen LogP contribution in [0.25, 0.3) is 0 Å². The van der Waals surface area contributed by atoms with Crippen molar-refractivity contribution in [2.45, 2.75) is 19.8 Å². The predicted octanol–water partition coefficient (Wildman–Crippen LogP) is 1.45. The standard InChI is InChI=1S/C11H19N3/c1-9(8-13-2)3-4-10-5-6-14-11(12)7-10/h5-7,9,13H,3-4,8H2,1-2H3,(H2,12,14). The van der Waals surface area contributed by atoms with Crippen LogP contribution in [0, 0.1) is 5.92 Å². The van der Waals surface area contributed by atoms with Crippen LogP contribution < -0.4 is 11.1 Å². The van der Waals surface area contributed by atoms with Crippen LogP contribution in [0.5, 0.6) is 0 Å². The van der Waals surface area contributed by atoms with Gasteiger partial charge in [-0.15, -0.1) is 0 Å². The molecule has 0 saturated carbocycles. The largest absolute Gasteiger partial charge is 0.384 e. The number of anilines is 1. The van der Waals surface area contributed by atoms with Crippen LogP contribution in [0.15, 0.2) is 18.3 Å². The average Bonchev–Trinajstić information content (AvgIpc) is 2.15. The third-order valence-corrected chi connectivity index (χ3v) is 2.32. The highest BCUT2D eigenvalue weighted by Crippen LogP contribution is 2.10. The molecule has 0 aromatic carbocycles. The quantitative estimate of drug-likeness (QED) is 0.744. The molecule has 1 unspecified atom stereocenters. The third kappa shape index (κ3) is 3.75. The fourth-order valence-electron chi connectivity index (χ4n) is 1.51. The molecule has 0 radical (unpaired) electrons. The highest BCUT2D eigenvalue weighted by Gasteiger charge is 2.01. The van der Waals surface area contributed by atoms with E-state index in [1.807, 2.05) is 19.2 Å². The van der Waals surface area contributed by atoms with Gasteiger partial charge in [-0.05, 0) is 50.0 Å². The molecule has 0 aliphatic rings. The summed E-state index contributed by atoms with van der Waals surface area (Å²) in [5.74, 6) is 1.32. The van der Waals surface area contributed by atoms with Crippen molar-refractivity contribution in [1.29, 1.82) is 0 Å². The summed E-state index contributed by atoms with van der Waals surface area (Å²) < 4.78 is 0. The van der Waals surface area contributed by atoms with E-state index in [1.165, 1.54) is 12.0 Å². The molecule has 0 fully saturated rings. The van der Waals surface area contributed by atoms with Crippen LogP contribution in [-0.2, 0) is 6.42 Å². The fourth-order valence-corrected chi connectivity index (χ4v) is 1.51. The summed E-state index contributed by atoms with van der Waals surface area (Å²) in [7, 11) is 1.99. The molecule has 78 valence electrons. The minimum atomic E-state index is 0.615. The van der Waals surface area contributed by atoms with Crippen molar-refractivity contribution in [3.8, 4) is 0 Å². The summed E-state index contributed by atoms with van der Waals surface area (Å²) in [5.41, 5.74) is 6.88. The molecule has 14 heavy (non-hydrogen) atoms. The van der Waals surface area contributed by atoms with E-state index in [2.05, 4.69) is 17.2 Å². The van der Waals surface area contributed by atoms with E-state index in [-0.39, 0.29) is 0 Å². The second-order valence-electron chi connectivity index (χ2n) is 3.79. The van der Waals surface area contributed by atoms with Crippen molar-refractivity contribution in [1.82, 2.24) is 10.3 Å². The maximum absolute atomic E-state index is 5.60. The van der Waals surface area contributed by atoms with Gasteiger partial charge in [0.15, 0.2) is 0 Å². The monoisotopic (exact) mass is 193 g/mol. The van der Waals surface area contributed by atoms with Crippen molar-refractivity contribution in [3.63, 3.8) is 0 Å². The molecule has 3 N–H and O–H groups in total. The van der Waals surface area contributed by atoms with Crippen molar-refractivity contribution >= 4 is 5.82 Å². The Hall–Kier alpha value is -1.09. The van der Waals surface area contributed by atoms with Crippen LogP contribution in [0.2, 0.25) is 0 Å². The van der Waals surface area contributed by atoms with E-state index in [1.54, 1.807) is 6.20 Å². The molecule has 3 heteroatoms. The maximum atomic E-state index is 5.60. The van der Waals surface area contributed by atoms with Crippen LogP contribution >= 0.6 is 0 Å². The molecule has 0 amide bonds. The molecule has 3 nitrogen and oxygen atoms in total. The minimum absolute atomic E-state index is 0.615. The van der Waals surface area contributed by atoms with E-state index in [9.17, 15) is 0 Å². The van der Waals surface area contributed by atoms with Crippen LogP contribution in [0.1, 0.15) is 18.9 Å². The molecule has 0 aliphatic carbocycles. The number of hydrogen-bond acceptors (Lipinski definition) is 3. The van der Waals surface area contributed by atoms with Gasteiger partial charge in [-0.25, -0.2) is 4.98 Å². The van der Waals surface area contributed by atoms with E-state index in [4.69, 9.17) is 5.73 Å². The lowest BCUT2D eigenvalue weighted by Crippen LogP contribution is -2.16. The lowest BCUT2D eigenvalue weighted by atomic mass is 10.0. The van der Waals surface area contributed by atoms with Gasteiger partial charge in [0.25, 0.3) is 0 Å². The number of rotatable bonds is 5. The average molecular weight is 193 g/mol. The molecule has 1 atom stereocenters. The Morgan fingerprint density at radius 2 is 2.36 bits per heavy atom. The van der Waals surface area contributed by atoms with Gasteiger partial charge in [-0.1, -0.05) is 6.92 Å². The first-order valence-electron chi connectivity index (χ1n) is 5.07. The molecule has 0 aliphatic heterocycles. The van der Waals surface area contributed by atoms with Crippen molar-refractivity contribution < 1.29 is 0 Å². The molecule has 1 aromatic heterocycles. The number of nitrogens with one attached hydrogen (secondary N) is 1. The molecule has 1 heterocycles. The Bertz CT molecular complexity index is 273. The van der Waals surface area contributed by atoms with Gasteiger partial charge in [0, 0.05) is 6.20 Å². The number of aromatic nitrogens is 1. The number of aryl methyl sites for hydroxylation is 1.